The number of hydrogen-bond acceptors (Lipinski definition) is 3. The zero-order valence-corrected chi connectivity index (χ0v) is 14.6. The quantitative estimate of drug-likeness (QED) is 0.742. The Bertz CT molecular complexity index is 945. The first kappa shape index (κ1) is 15.7. The first-order valence-electron chi connectivity index (χ1n) is 7.75. The zero-order valence-electron chi connectivity index (χ0n) is 13.8. The van der Waals surface area contributed by atoms with Gasteiger partial charge in [-0.15, -0.1) is 0 Å². The maximum absolute atomic E-state index is 12.4. The number of rotatable bonds is 3. The molecule has 0 atom stereocenters. The Morgan fingerprint density at radius 1 is 1.30 bits per heavy atom. The average Bonchev–Trinajstić information content (AvgIpc) is 3.07. The normalized spacial score (nSPS) is 12.3. The molecule has 0 unspecified atom stereocenters. The number of thiazole rings is 1. The van der Waals surface area contributed by atoms with Gasteiger partial charge in [0.05, 0.1) is 10.2 Å². The van der Waals surface area contributed by atoms with Gasteiger partial charge in [-0.25, -0.2) is 0 Å². The molecule has 0 aliphatic carbocycles. The van der Waals surface area contributed by atoms with E-state index < -0.39 is 0 Å². The van der Waals surface area contributed by atoms with E-state index in [-0.39, 0.29) is 5.91 Å². The van der Waals surface area contributed by atoms with Gasteiger partial charge < -0.3 is 4.57 Å². The minimum atomic E-state index is -0.293. The number of carbonyl (C=O) groups is 1. The summed E-state index contributed by atoms with van der Waals surface area (Å²) in [6.45, 7) is 6.83. The highest BCUT2D eigenvalue weighted by molar-refractivity contribution is 7.16. The molecule has 0 aliphatic heterocycles. The Labute approximate surface area is 138 Å². The van der Waals surface area contributed by atoms with Crippen LogP contribution in [-0.4, -0.2) is 20.3 Å². The van der Waals surface area contributed by atoms with Crippen LogP contribution in [0.4, 0.5) is 0 Å². The van der Waals surface area contributed by atoms with E-state index in [0.29, 0.717) is 10.5 Å². The molecule has 0 N–H and O–H groups in total. The van der Waals surface area contributed by atoms with E-state index in [1.165, 1.54) is 16.9 Å². The summed E-state index contributed by atoms with van der Waals surface area (Å²) < 4.78 is 4.91. The third kappa shape index (κ3) is 2.86. The third-order valence-electron chi connectivity index (χ3n) is 3.98. The minimum absolute atomic E-state index is 0.293. The molecule has 0 saturated heterocycles. The molecule has 0 bridgehead atoms. The molecule has 23 heavy (non-hydrogen) atoms. The van der Waals surface area contributed by atoms with Crippen molar-refractivity contribution in [1.82, 2.24) is 14.3 Å². The zero-order chi connectivity index (χ0) is 16.6. The highest BCUT2D eigenvalue weighted by Gasteiger charge is 2.12. The summed E-state index contributed by atoms with van der Waals surface area (Å²) in [7, 11) is 1.94. The second-order valence-corrected chi connectivity index (χ2v) is 6.51. The Morgan fingerprint density at radius 3 is 2.74 bits per heavy atom. The highest BCUT2D eigenvalue weighted by atomic mass is 32.1. The molecule has 0 radical (unpaired) electrons. The Kier molecular flexibility index (Phi) is 4.17. The van der Waals surface area contributed by atoms with Gasteiger partial charge in [0.1, 0.15) is 0 Å². The van der Waals surface area contributed by atoms with Gasteiger partial charge in [-0.2, -0.15) is 10.1 Å². The van der Waals surface area contributed by atoms with Crippen molar-refractivity contribution in [2.24, 2.45) is 12.0 Å². The van der Waals surface area contributed by atoms with Gasteiger partial charge in [0.25, 0.3) is 5.91 Å². The van der Waals surface area contributed by atoms with Crippen molar-refractivity contribution >= 4 is 27.5 Å². The van der Waals surface area contributed by atoms with E-state index in [1.807, 2.05) is 25.5 Å². The molecular weight excluding hydrogens is 308 g/mol. The molecular formula is C17H20N4OS. The van der Waals surface area contributed by atoms with Crippen LogP contribution in [0.1, 0.15) is 35.6 Å². The van der Waals surface area contributed by atoms with Crippen LogP contribution in [0.2, 0.25) is 0 Å². The van der Waals surface area contributed by atoms with Crippen molar-refractivity contribution in [3.8, 4) is 0 Å². The van der Waals surface area contributed by atoms with Crippen molar-refractivity contribution in [3.63, 3.8) is 0 Å². The largest absolute Gasteiger partial charge is 0.319 e. The molecule has 0 spiro atoms. The summed E-state index contributed by atoms with van der Waals surface area (Å²) >= 11 is 1.53. The Balaban J connectivity index is 2.05. The molecule has 3 aromatic rings. The standard InChI is InChI=1S/C17H20N4OS/c1-5-12-7-8-14-15(10-12)23-17(20(14)4)18-16(22)13-9-11(3)21(6-2)19-13/h7-10H,5-6H2,1-4H3. The van der Waals surface area contributed by atoms with E-state index in [9.17, 15) is 4.79 Å². The summed E-state index contributed by atoms with van der Waals surface area (Å²) in [5.41, 5.74) is 3.75. The van der Waals surface area contributed by atoms with Gasteiger partial charge in [-0.1, -0.05) is 24.3 Å². The van der Waals surface area contributed by atoms with E-state index in [4.69, 9.17) is 0 Å². The van der Waals surface area contributed by atoms with Crippen LogP contribution in [-0.2, 0) is 20.0 Å². The average molecular weight is 328 g/mol. The highest BCUT2D eigenvalue weighted by Crippen LogP contribution is 2.18. The van der Waals surface area contributed by atoms with Gasteiger partial charge >= 0.3 is 0 Å². The lowest BCUT2D eigenvalue weighted by Crippen LogP contribution is -2.13. The molecule has 0 aliphatic rings. The first-order chi connectivity index (χ1) is 11.0. The van der Waals surface area contributed by atoms with Crippen LogP contribution >= 0.6 is 11.3 Å². The Hall–Kier alpha value is -2.21. The fourth-order valence-electron chi connectivity index (χ4n) is 2.58. The Morgan fingerprint density at radius 2 is 2.09 bits per heavy atom. The van der Waals surface area contributed by atoms with Crippen molar-refractivity contribution in [2.75, 3.05) is 0 Å². The molecule has 1 aromatic carbocycles. The molecule has 0 fully saturated rings. The molecule has 1 amide bonds. The summed E-state index contributed by atoms with van der Waals surface area (Å²) in [4.78, 5) is 17.4. The lowest BCUT2D eigenvalue weighted by molar-refractivity contribution is 0.0992. The van der Waals surface area contributed by atoms with Crippen molar-refractivity contribution in [1.29, 1.82) is 0 Å². The predicted octanol–water partition coefficient (Wildman–Crippen LogP) is 3.07. The number of hydrogen-bond donors (Lipinski definition) is 0. The van der Waals surface area contributed by atoms with Crippen molar-refractivity contribution in [2.45, 2.75) is 33.7 Å². The summed E-state index contributed by atoms with van der Waals surface area (Å²) in [5, 5.41) is 4.30. The molecule has 6 heteroatoms. The second-order valence-electron chi connectivity index (χ2n) is 5.50. The fraction of sp³-hybridized carbons (Fsp3) is 0.353. The summed E-state index contributed by atoms with van der Waals surface area (Å²) in [6, 6.07) is 8.16. The number of carbonyl (C=O) groups excluding carboxylic acids is 1. The molecule has 5 nitrogen and oxygen atoms in total. The third-order valence-corrected chi connectivity index (χ3v) is 5.07. The van der Waals surface area contributed by atoms with Crippen molar-refractivity contribution in [3.05, 3.63) is 46.0 Å². The number of benzene rings is 1. The van der Waals surface area contributed by atoms with E-state index in [1.54, 1.807) is 10.7 Å². The van der Waals surface area contributed by atoms with Crippen LogP contribution in [0.15, 0.2) is 29.3 Å². The summed E-state index contributed by atoms with van der Waals surface area (Å²) in [5.74, 6) is -0.293. The number of aryl methyl sites for hydroxylation is 4. The number of fused-ring (bicyclic) bond motifs is 1. The van der Waals surface area contributed by atoms with Crippen LogP contribution in [0.3, 0.4) is 0 Å². The van der Waals surface area contributed by atoms with Crippen LogP contribution in [0.5, 0.6) is 0 Å². The topological polar surface area (TPSA) is 52.2 Å². The van der Waals surface area contributed by atoms with E-state index >= 15 is 0 Å². The number of aromatic nitrogens is 3. The molecule has 2 heterocycles. The predicted molar refractivity (Wildman–Crippen MR) is 92.7 cm³/mol. The summed E-state index contributed by atoms with van der Waals surface area (Å²) in [6.07, 6.45) is 0.997. The van der Waals surface area contributed by atoms with Gasteiger partial charge in [-0.3, -0.25) is 9.48 Å². The van der Waals surface area contributed by atoms with Gasteiger partial charge in [0.15, 0.2) is 10.5 Å². The van der Waals surface area contributed by atoms with Crippen LogP contribution < -0.4 is 4.80 Å². The van der Waals surface area contributed by atoms with Crippen LogP contribution in [0, 0.1) is 6.92 Å². The fourth-order valence-corrected chi connectivity index (χ4v) is 3.66. The molecule has 0 saturated carbocycles. The molecule has 120 valence electrons. The van der Waals surface area contributed by atoms with Gasteiger partial charge in [-0.05, 0) is 44.0 Å². The lowest BCUT2D eigenvalue weighted by atomic mass is 10.2. The van der Waals surface area contributed by atoms with Crippen LogP contribution in [0.25, 0.3) is 10.2 Å². The molecule has 2 aromatic heterocycles. The smallest absolute Gasteiger partial charge is 0.300 e. The van der Waals surface area contributed by atoms with E-state index in [2.05, 4.69) is 35.2 Å². The SMILES string of the molecule is CCc1ccc2c(c1)sc(=NC(=O)c1cc(C)n(CC)n1)n2C. The van der Waals surface area contributed by atoms with Gasteiger partial charge in [0, 0.05) is 19.3 Å². The lowest BCUT2D eigenvalue weighted by Gasteiger charge is -1.97. The first-order valence-corrected chi connectivity index (χ1v) is 8.57. The maximum Gasteiger partial charge on any atom is 0.300 e. The number of nitrogens with zero attached hydrogens (tertiary/aromatic N) is 4. The monoisotopic (exact) mass is 328 g/mol. The second kappa shape index (κ2) is 6.12. The molecule has 3 rings (SSSR count). The van der Waals surface area contributed by atoms with Gasteiger partial charge in [0.2, 0.25) is 0 Å². The van der Waals surface area contributed by atoms with Crippen molar-refractivity contribution < 1.29 is 4.79 Å². The van der Waals surface area contributed by atoms with E-state index in [0.717, 1.165) is 28.9 Å². The number of amides is 1. The minimum Gasteiger partial charge on any atom is -0.319 e. The maximum atomic E-state index is 12.4.